The molecule has 6 rings (SSSR count). The van der Waals surface area contributed by atoms with Crippen molar-refractivity contribution >= 4 is 0 Å². The minimum absolute atomic E-state index is 0.00783. The second-order valence-electron chi connectivity index (χ2n) is 14.8. The predicted molar refractivity (Wildman–Crippen MR) is 252 cm³/mol. The highest BCUT2D eigenvalue weighted by atomic mass is 16.5. The van der Waals surface area contributed by atoms with Crippen molar-refractivity contribution in [3.05, 3.63) is 214 Å². The number of benzene rings is 6. The van der Waals surface area contributed by atoms with Crippen LogP contribution in [0.3, 0.4) is 0 Å². The highest BCUT2D eigenvalue weighted by Gasteiger charge is 2.18. The number of likely N-dealkylation sites (N-methyl/N-ethyl adjacent to an activating group) is 3. The molecule has 0 radical (unpaired) electrons. The zero-order chi connectivity index (χ0) is 51.7. The van der Waals surface area contributed by atoms with E-state index in [2.05, 4.69) is 13.0 Å². The van der Waals surface area contributed by atoms with Gasteiger partial charge >= 0.3 is 0 Å². The van der Waals surface area contributed by atoms with Gasteiger partial charge in [0, 0.05) is 30.6 Å². The van der Waals surface area contributed by atoms with E-state index in [1.165, 1.54) is 4.90 Å². The molecule has 0 heterocycles. The molecule has 0 bridgehead atoms. The van der Waals surface area contributed by atoms with Crippen molar-refractivity contribution in [1.29, 1.82) is 0 Å². The lowest BCUT2D eigenvalue weighted by atomic mass is 9.97. The molecular weight excluding hydrogens is 739 g/mol. The molecule has 3 unspecified atom stereocenters. The highest BCUT2D eigenvalue weighted by Crippen LogP contribution is 2.30. The highest BCUT2D eigenvalue weighted by molar-refractivity contribution is 5.37. The normalized spacial score (nSPS) is 16.0. The van der Waals surface area contributed by atoms with Gasteiger partial charge in [0.25, 0.3) is 0 Å². The lowest BCUT2D eigenvalue weighted by Crippen LogP contribution is -2.20. The molecule has 6 heteroatoms. The maximum Gasteiger partial charge on any atom is 0.108 e. The van der Waals surface area contributed by atoms with E-state index in [4.69, 9.17) is 27.9 Å². The first-order valence-electron chi connectivity index (χ1n) is 25.2. The summed E-state index contributed by atoms with van der Waals surface area (Å²) >= 11 is 0. The Hall–Kier alpha value is -4.92. The lowest BCUT2D eigenvalue weighted by Gasteiger charge is -2.22. The van der Waals surface area contributed by atoms with Gasteiger partial charge in [-0.2, -0.15) is 0 Å². The third-order valence-electron chi connectivity index (χ3n) is 9.53. The third kappa shape index (κ3) is 16.3. The van der Waals surface area contributed by atoms with Gasteiger partial charge in [-0.15, -0.1) is 0 Å². The maximum atomic E-state index is 8.16. The molecule has 0 aliphatic carbocycles. The molecule has 0 saturated heterocycles. The number of ether oxygens (including phenoxy) is 3. The summed E-state index contributed by atoms with van der Waals surface area (Å²) in [5, 5.41) is 0. The average molecular weight is 818 g/mol. The first-order chi connectivity index (χ1) is 32.9. The van der Waals surface area contributed by atoms with Crippen LogP contribution in [-0.4, -0.2) is 96.2 Å². The summed E-state index contributed by atoms with van der Waals surface area (Å²) < 4.78 is 94.8. The van der Waals surface area contributed by atoms with E-state index in [0.29, 0.717) is 4.90 Å². The molecule has 0 fully saturated rings. The van der Waals surface area contributed by atoms with Crippen molar-refractivity contribution in [2.45, 2.75) is 39.1 Å². The van der Waals surface area contributed by atoms with Gasteiger partial charge in [0.05, 0.1) is 22.5 Å². The van der Waals surface area contributed by atoms with Gasteiger partial charge in [-0.05, 0) is 113 Å². The lowest BCUT2D eigenvalue weighted by molar-refractivity contribution is 0.0682. The Kier molecular flexibility index (Phi) is 15.2. The molecule has 6 nitrogen and oxygen atoms in total. The van der Waals surface area contributed by atoms with Gasteiger partial charge in [0.1, 0.15) is 18.3 Å². The molecular formula is C54H69N3O3. The second-order valence-corrected chi connectivity index (χ2v) is 14.8. The van der Waals surface area contributed by atoms with E-state index >= 15 is 0 Å². The van der Waals surface area contributed by atoms with Crippen molar-refractivity contribution in [1.82, 2.24) is 14.7 Å². The summed E-state index contributed by atoms with van der Waals surface area (Å²) in [6, 6.07) is 53.2. The fourth-order valence-electron chi connectivity index (χ4n) is 6.33. The third-order valence-corrected chi connectivity index (χ3v) is 9.53. The fourth-order valence-corrected chi connectivity index (χ4v) is 6.33. The van der Waals surface area contributed by atoms with Crippen LogP contribution in [0.15, 0.2) is 164 Å². The van der Waals surface area contributed by atoms with E-state index in [1.54, 1.807) is 19.0 Å². The molecule has 0 spiro atoms. The molecule has 6 aromatic rings. The summed E-state index contributed by atoms with van der Waals surface area (Å²) in [5.41, 5.74) is 9.23. The molecule has 60 heavy (non-hydrogen) atoms. The summed E-state index contributed by atoms with van der Waals surface area (Å²) in [7, 11) is 7.11. The minimum atomic E-state index is -2.71. The Morgan fingerprint density at radius 3 is 1.12 bits per heavy atom. The Morgan fingerprint density at radius 2 is 0.767 bits per heavy atom. The van der Waals surface area contributed by atoms with E-state index < -0.39 is 39.2 Å². The number of hydrogen-bond donors (Lipinski definition) is 0. The van der Waals surface area contributed by atoms with E-state index in [9.17, 15) is 0 Å². The summed E-state index contributed by atoms with van der Waals surface area (Å²) in [5.74, 6) is 0. The monoisotopic (exact) mass is 818 g/mol. The first kappa shape index (κ1) is 34.8. The fraction of sp³-hybridized carbons (Fsp3) is 0.333. The van der Waals surface area contributed by atoms with Crippen LogP contribution in [0.5, 0.6) is 0 Å². The SMILES string of the molecule is [2H]C([2H])(CN(C)C)OC(c1ccccc1)c1ccccc1C.[2H]C([2H])(COC(c1ccccc1)c1ccccc1C)N(C)C.[2H]C([2H])([2H])N(CCOC(c1ccccc1)c1ccccc1C)C([2H])([2H])[2H]. The van der Waals surface area contributed by atoms with Crippen LogP contribution >= 0.6 is 0 Å². The Bertz CT molecular complexity index is 2420. The second kappa shape index (κ2) is 26.3. The largest absolute Gasteiger partial charge is 0.367 e. The van der Waals surface area contributed by atoms with Gasteiger partial charge in [-0.3, -0.25) is 0 Å². The van der Waals surface area contributed by atoms with Crippen molar-refractivity contribution in [2.75, 3.05) is 81.5 Å². The predicted octanol–water partition coefficient (Wildman–Crippen LogP) is 11.0. The van der Waals surface area contributed by atoms with Crippen molar-refractivity contribution in [3.63, 3.8) is 0 Å². The van der Waals surface area contributed by atoms with E-state index in [0.717, 1.165) is 50.1 Å². The molecule has 3 atom stereocenters. The molecule has 0 aromatic heterocycles. The van der Waals surface area contributed by atoms with Crippen molar-refractivity contribution < 1.29 is 27.9 Å². The zero-order valence-corrected chi connectivity index (χ0v) is 36.2. The van der Waals surface area contributed by atoms with Gasteiger partial charge in [-0.25, -0.2) is 0 Å². The van der Waals surface area contributed by atoms with Crippen molar-refractivity contribution in [3.8, 4) is 0 Å². The summed E-state index contributed by atoms with van der Waals surface area (Å²) in [6.45, 7) is -2.62. The first-order valence-corrected chi connectivity index (χ1v) is 20.2. The smallest absolute Gasteiger partial charge is 0.108 e. The van der Waals surface area contributed by atoms with Crippen LogP contribution in [0.1, 0.15) is 82.1 Å². The Labute approximate surface area is 376 Å². The molecule has 318 valence electrons. The standard InChI is InChI=1S/3C18H23NO/c3*1-15-9-7-8-12-17(15)18(20-14-13-19(2)3)16-10-5-4-6-11-16/h3*4-12,18H,13-14H2,1-3H3/i2D3,3D3;14D2;13D2. The van der Waals surface area contributed by atoms with E-state index in [-0.39, 0.29) is 32.4 Å². The Morgan fingerprint density at radius 1 is 0.417 bits per heavy atom. The van der Waals surface area contributed by atoms with Crippen LogP contribution in [0.4, 0.5) is 0 Å². The number of rotatable bonds is 18. The van der Waals surface area contributed by atoms with Crippen LogP contribution in [0.25, 0.3) is 0 Å². The molecule has 0 aliphatic heterocycles. The summed E-state index contributed by atoms with van der Waals surface area (Å²) in [4.78, 5) is 3.84. The van der Waals surface area contributed by atoms with Crippen molar-refractivity contribution in [2.24, 2.45) is 0 Å². The van der Waals surface area contributed by atoms with Gasteiger partial charge in [0.2, 0.25) is 0 Å². The molecule has 0 saturated carbocycles. The van der Waals surface area contributed by atoms with Crippen LogP contribution in [0.2, 0.25) is 0 Å². The minimum Gasteiger partial charge on any atom is -0.367 e. The number of aryl methyl sites for hydroxylation is 3. The number of nitrogens with zero attached hydrogens (tertiary/aromatic N) is 3. The van der Waals surface area contributed by atoms with Gasteiger partial charge in [0.15, 0.2) is 0 Å². The topological polar surface area (TPSA) is 37.4 Å². The number of hydrogen-bond acceptors (Lipinski definition) is 6. The maximum absolute atomic E-state index is 8.16. The van der Waals surface area contributed by atoms with Crippen LogP contribution in [-0.2, 0) is 14.2 Å². The van der Waals surface area contributed by atoms with Crippen LogP contribution < -0.4 is 0 Å². The Balaban J connectivity index is 0.000000230. The average Bonchev–Trinajstić information content (AvgIpc) is 3.29. The molecule has 0 N–H and O–H groups in total. The van der Waals surface area contributed by atoms with Gasteiger partial charge < -0.3 is 28.9 Å². The van der Waals surface area contributed by atoms with Gasteiger partial charge in [-0.1, -0.05) is 164 Å². The molecule has 0 aliphatic rings. The quantitative estimate of drug-likeness (QED) is 0.0860. The zero-order valence-electron chi connectivity index (χ0n) is 46.2. The molecule has 0 amide bonds. The van der Waals surface area contributed by atoms with Crippen LogP contribution in [0, 0.1) is 20.8 Å². The molecule has 6 aromatic carbocycles. The van der Waals surface area contributed by atoms with E-state index in [1.807, 2.05) is 186 Å². The summed E-state index contributed by atoms with van der Waals surface area (Å²) in [6.07, 6.45) is -1.08.